The van der Waals surface area contributed by atoms with Gasteiger partial charge in [-0.2, -0.15) is 0 Å². The molecule has 4 amide bonds. The van der Waals surface area contributed by atoms with Crippen LogP contribution in [0.4, 0.5) is 5.69 Å². The highest BCUT2D eigenvalue weighted by atomic mass is 16.2. The number of nitrogens with two attached hydrogens (primary N) is 1. The molecule has 1 saturated carbocycles. The van der Waals surface area contributed by atoms with Gasteiger partial charge in [0.1, 0.15) is 0 Å². The third kappa shape index (κ3) is 1.56. The Labute approximate surface area is 125 Å². The molecule has 0 bridgehead atoms. The lowest BCUT2D eigenvalue weighted by Gasteiger charge is -2.38. The van der Waals surface area contributed by atoms with E-state index < -0.39 is 5.92 Å². The first kappa shape index (κ1) is 13.0. The first-order valence-corrected chi connectivity index (χ1v) is 7.08. The van der Waals surface area contributed by atoms with Gasteiger partial charge in [-0.25, -0.2) is 0 Å². The van der Waals surface area contributed by atoms with Crippen LogP contribution in [0.2, 0.25) is 0 Å². The fraction of sp³-hybridized carbons (Fsp3) is 0.333. The Hall–Kier alpha value is -2.70. The number of rotatable bonds is 2. The van der Waals surface area contributed by atoms with E-state index in [1.807, 2.05) is 0 Å². The van der Waals surface area contributed by atoms with Crippen LogP contribution < -0.4 is 11.1 Å². The molecule has 2 heterocycles. The highest BCUT2D eigenvalue weighted by Crippen LogP contribution is 2.45. The maximum atomic E-state index is 12.4. The third-order valence-electron chi connectivity index (χ3n) is 4.80. The van der Waals surface area contributed by atoms with E-state index in [1.165, 1.54) is 6.07 Å². The molecule has 3 N–H and O–H groups in total. The van der Waals surface area contributed by atoms with E-state index >= 15 is 0 Å². The van der Waals surface area contributed by atoms with Gasteiger partial charge in [0.2, 0.25) is 11.8 Å². The zero-order valence-corrected chi connectivity index (χ0v) is 11.5. The molecule has 7 nitrogen and oxygen atoms in total. The topological polar surface area (TPSA) is 110 Å². The number of anilines is 1. The first-order valence-electron chi connectivity index (χ1n) is 7.08. The summed E-state index contributed by atoms with van der Waals surface area (Å²) in [6, 6.07) is 4.61. The van der Waals surface area contributed by atoms with Crippen LogP contribution in [-0.4, -0.2) is 35.1 Å². The molecule has 22 heavy (non-hydrogen) atoms. The number of nitrogens with one attached hydrogen (secondary N) is 1. The summed E-state index contributed by atoms with van der Waals surface area (Å²) in [6.45, 7) is 0.161. The quantitative estimate of drug-likeness (QED) is 0.579. The highest BCUT2D eigenvalue weighted by molar-refractivity contribution is 6.21. The number of benzene rings is 1. The van der Waals surface area contributed by atoms with Gasteiger partial charge in [0.15, 0.2) is 0 Å². The molecule has 3 aliphatic rings. The summed E-state index contributed by atoms with van der Waals surface area (Å²) in [6.07, 6.45) is 0.526. The number of nitrogen functional groups attached to an aromatic ring is 1. The minimum atomic E-state index is -0.415. The van der Waals surface area contributed by atoms with Crippen molar-refractivity contribution in [3.05, 3.63) is 29.3 Å². The lowest BCUT2D eigenvalue weighted by Crippen LogP contribution is -2.47. The molecule has 0 spiro atoms. The standard InChI is InChI=1S/C15H13N3O4/c16-7-1-2-8-9(4-7)15(22)18(14(8)21)5-6-3-10-11(6)13(20)17-12(10)19/h1-2,4,6,10-11H,3,5,16H2,(H,17,19,20). The molecule has 7 heteroatoms. The Bertz CT molecular complexity index is 757. The molecule has 0 aromatic heterocycles. The normalized spacial score (nSPS) is 29.3. The van der Waals surface area contributed by atoms with Crippen molar-refractivity contribution in [3.8, 4) is 0 Å². The summed E-state index contributed by atoms with van der Waals surface area (Å²) in [7, 11) is 0. The minimum absolute atomic E-state index is 0.156. The molecular formula is C15H13N3O4. The van der Waals surface area contributed by atoms with Crippen LogP contribution in [-0.2, 0) is 9.59 Å². The second-order valence-electron chi connectivity index (χ2n) is 6.01. The fourth-order valence-electron chi connectivity index (χ4n) is 3.61. The van der Waals surface area contributed by atoms with Crippen molar-refractivity contribution >= 4 is 29.3 Å². The number of carbonyl (C=O) groups excluding carboxylic acids is 4. The molecule has 4 rings (SSSR count). The molecule has 3 unspecified atom stereocenters. The number of hydrogen-bond donors (Lipinski definition) is 2. The predicted molar refractivity (Wildman–Crippen MR) is 74.5 cm³/mol. The highest BCUT2D eigenvalue weighted by Gasteiger charge is 2.55. The molecule has 0 radical (unpaired) electrons. The van der Waals surface area contributed by atoms with Crippen LogP contribution in [0.3, 0.4) is 0 Å². The molecule has 2 aliphatic heterocycles. The van der Waals surface area contributed by atoms with E-state index in [1.54, 1.807) is 12.1 Å². The molecule has 112 valence electrons. The van der Waals surface area contributed by atoms with Crippen LogP contribution >= 0.6 is 0 Å². The second-order valence-corrected chi connectivity index (χ2v) is 6.01. The SMILES string of the molecule is Nc1ccc2c(c1)C(=O)N(CC1CC3C(=O)NC(=O)C13)C2=O. The van der Waals surface area contributed by atoms with Gasteiger partial charge in [0.05, 0.1) is 23.0 Å². The van der Waals surface area contributed by atoms with E-state index in [4.69, 9.17) is 5.73 Å². The minimum Gasteiger partial charge on any atom is -0.399 e. The smallest absolute Gasteiger partial charge is 0.261 e. The molecular weight excluding hydrogens is 286 g/mol. The summed E-state index contributed by atoms with van der Waals surface area (Å²) in [4.78, 5) is 49.0. The Balaban J connectivity index is 1.56. The van der Waals surface area contributed by atoms with Gasteiger partial charge in [-0.1, -0.05) is 0 Å². The van der Waals surface area contributed by atoms with Gasteiger partial charge in [-0.05, 0) is 30.5 Å². The van der Waals surface area contributed by atoms with Crippen LogP contribution in [0.1, 0.15) is 27.1 Å². The van der Waals surface area contributed by atoms with Crippen molar-refractivity contribution < 1.29 is 19.2 Å². The molecule has 1 aliphatic carbocycles. The Morgan fingerprint density at radius 1 is 1.09 bits per heavy atom. The molecule has 1 aromatic carbocycles. The number of hydrogen-bond acceptors (Lipinski definition) is 5. The van der Waals surface area contributed by atoms with Crippen LogP contribution in [0.15, 0.2) is 18.2 Å². The summed E-state index contributed by atoms with van der Waals surface area (Å²) in [5, 5.41) is 2.30. The monoisotopic (exact) mass is 299 g/mol. The zero-order valence-electron chi connectivity index (χ0n) is 11.5. The van der Waals surface area contributed by atoms with E-state index in [9.17, 15) is 19.2 Å². The fourth-order valence-corrected chi connectivity index (χ4v) is 3.61. The predicted octanol–water partition coefficient (Wildman–Crippen LogP) is -0.227. The maximum absolute atomic E-state index is 12.4. The first-order chi connectivity index (χ1) is 10.5. The average molecular weight is 299 g/mol. The summed E-state index contributed by atoms with van der Waals surface area (Å²) in [5.74, 6) is -2.18. The van der Waals surface area contributed by atoms with Crippen molar-refractivity contribution in [2.45, 2.75) is 6.42 Å². The van der Waals surface area contributed by atoms with E-state index in [0.29, 0.717) is 23.2 Å². The second kappa shape index (κ2) is 4.16. The lowest BCUT2D eigenvalue weighted by molar-refractivity contribution is -0.129. The van der Waals surface area contributed by atoms with Crippen molar-refractivity contribution in [2.75, 3.05) is 12.3 Å². The number of imide groups is 2. The number of nitrogens with zero attached hydrogens (tertiary/aromatic N) is 1. The Morgan fingerprint density at radius 3 is 2.55 bits per heavy atom. The van der Waals surface area contributed by atoms with Gasteiger partial charge < -0.3 is 5.73 Å². The molecule has 1 saturated heterocycles. The van der Waals surface area contributed by atoms with Crippen molar-refractivity contribution in [1.29, 1.82) is 0 Å². The van der Waals surface area contributed by atoms with Crippen molar-refractivity contribution in [1.82, 2.24) is 10.2 Å². The lowest BCUT2D eigenvalue weighted by atomic mass is 9.66. The number of fused-ring (bicyclic) bond motifs is 2. The molecule has 3 atom stereocenters. The summed E-state index contributed by atoms with van der Waals surface area (Å²) in [5.41, 5.74) is 6.71. The van der Waals surface area contributed by atoms with Crippen molar-refractivity contribution in [2.24, 2.45) is 17.8 Å². The largest absolute Gasteiger partial charge is 0.399 e. The van der Waals surface area contributed by atoms with Crippen LogP contribution in [0, 0.1) is 17.8 Å². The Kier molecular flexibility index (Phi) is 2.46. The zero-order chi connectivity index (χ0) is 15.6. The van der Waals surface area contributed by atoms with Gasteiger partial charge in [0.25, 0.3) is 11.8 Å². The Morgan fingerprint density at radius 2 is 1.82 bits per heavy atom. The summed E-state index contributed by atoms with van der Waals surface area (Å²) < 4.78 is 0. The maximum Gasteiger partial charge on any atom is 0.261 e. The van der Waals surface area contributed by atoms with Gasteiger partial charge in [-0.3, -0.25) is 29.4 Å². The van der Waals surface area contributed by atoms with Gasteiger partial charge in [-0.15, -0.1) is 0 Å². The van der Waals surface area contributed by atoms with Gasteiger partial charge >= 0.3 is 0 Å². The van der Waals surface area contributed by atoms with Crippen molar-refractivity contribution in [3.63, 3.8) is 0 Å². The number of amides is 4. The molecule has 2 fully saturated rings. The molecule has 1 aromatic rings. The number of carbonyl (C=O) groups is 4. The summed E-state index contributed by atoms with van der Waals surface area (Å²) >= 11 is 0. The average Bonchev–Trinajstić information content (AvgIpc) is 2.79. The van der Waals surface area contributed by atoms with Crippen LogP contribution in [0.25, 0.3) is 0 Å². The van der Waals surface area contributed by atoms with E-state index in [-0.39, 0.29) is 42.0 Å². The van der Waals surface area contributed by atoms with E-state index in [2.05, 4.69) is 5.32 Å². The van der Waals surface area contributed by atoms with Gasteiger partial charge in [0, 0.05) is 12.2 Å². The van der Waals surface area contributed by atoms with E-state index in [0.717, 1.165) is 4.90 Å². The third-order valence-corrected chi connectivity index (χ3v) is 4.80. The van der Waals surface area contributed by atoms with Crippen LogP contribution in [0.5, 0.6) is 0 Å².